The van der Waals surface area contributed by atoms with E-state index in [-0.39, 0.29) is 0 Å². The van der Waals surface area contributed by atoms with Crippen LogP contribution in [0.15, 0.2) is 30.3 Å². The number of ether oxygens (including phenoxy) is 2. The Morgan fingerprint density at radius 2 is 1.36 bits per heavy atom. The fourth-order valence-corrected chi connectivity index (χ4v) is 2.41. The zero-order valence-corrected chi connectivity index (χ0v) is 17.6. The summed E-state index contributed by atoms with van der Waals surface area (Å²) in [4.78, 5) is 17.7. The molecule has 7 heteroatoms. The summed E-state index contributed by atoms with van der Waals surface area (Å²) in [6, 6.07) is 9.94. The van der Waals surface area contributed by atoms with Crippen LogP contribution >= 0.6 is 0 Å². The van der Waals surface area contributed by atoms with Crippen LogP contribution in [0.3, 0.4) is 0 Å². The molecule has 0 aliphatic heterocycles. The van der Waals surface area contributed by atoms with Crippen LogP contribution in [0.5, 0.6) is 0 Å². The van der Waals surface area contributed by atoms with Gasteiger partial charge in [0.2, 0.25) is 11.9 Å². The molecule has 154 valence electrons. The number of hydrogen-bond acceptors (Lipinski definition) is 7. The minimum atomic E-state index is 0.386. The Hall–Kier alpha value is -2.25. The smallest absolute Gasteiger partial charge is 0.234 e. The molecule has 0 fully saturated rings. The SMILES string of the molecule is CCCCOCN(COCCCC)c1nc(-c2ccccc2)nc(N(C)C)n1. The van der Waals surface area contributed by atoms with Crippen molar-refractivity contribution in [1.82, 2.24) is 15.0 Å². The summed E-state index contributed by atoms with van der Waals surface area (Å²) in [7, 11) is 3.85. The van der Waals surface area contributed by atoms with Crippen molar-refractivity contribution in [2.75, 3.05) is 50.6 Å². The lowest BCUT2D eigenvalue weighted by Crippen LogP contribution is -2.32. The molecule has 0 aliphatic carbocycles. The minimum absolute atomic E-state index is 0.386. The number of anilines is 2. The van der Waals surface area contributed by atoms with Crippen molar-refractivity contribution in [2.24, 2.45) is 0 Å². The highest BCUT2D eigenvalue weighted by Crippen LogP contribution is 2.20. The second kappa shape index (κ2) is 12.3. The molecule has 0 bridgehead atoms. The zero-order valence-electron chi connectivity index (χ0n) is 17.6. The average Bonchev–Trinajstić information content (AvgIpc) is 2.73. The predicted molar refractivity (Wildman–Crippen MR) is 114 cm³/mol. The summed E-state index contributed by atoms with van der Waals surface area (Å²) in [5.41, 5.74) is 0.952. The third kappa shape index (κ3) is 7.05. The summed E-state index contributed by atoms with van der Waals surface area (Å²) >= 11 is 0. The second-order valence-electron chi connectivity index (χ2n) is 6.84. The summed E-state index contributed by atoms with van der Waals surface area (Å²) in [5, 5.41) is 0. The van der Waals surface area contributed by atoms with Gasteiger partial charge in [-0.3, -0.25) is 4.90 Å². The lowest BCUT2D eigenvalue weighted by atomic mass is 10.2. The van der Waals surface area contributed by atoms with Crippen LogP contribution in [0.2, 0.25) is 0 Å². The van der Waals surface area contributed by atoms with E-state index in [2.05, 4.69) is 23.8 Å². The maximum absolute atomic E-state index is 5.83. The maximum Gasteiger partial charge on any atom is 0.234 e. The Morgan fingerprint density at radius 1 is 0.786 bits per heavy atom. The van der Waals surface area contributed by atoms with E-state index in [9.17, 15) is 0 Å². The first-order valence-electron chi connectivity index (χ1n) is 10.0. The topological polar surface area (TPSA) is 63.6 Å². The molecule has 0 amide bonds. The van der Waals surface area contributed by atoms with Gasteiger partial charge in [0.25, 0.3) is 0 Å². The molecule has 0 atom stereocenters. The average molecular weight is 388 g/mol. The summed E-state index contributed by atoms with van der Waals surface area (Å²) < 4.78 is 11.7. The van der Waals surface area contributed by atoms with E-state index >= 15 is 0 Å². The highest BCUT2D eigenvalue weighted by molar-refractivity contribution is 5.58. The van der Waals surface area contributed by atoms with Gasteiger partial charge in [-0.05, 0) is 12.8 Å². The first kappa shape index (κ1) is 22.0. The summed E-state index contributed by atoms with van der Waals surface area (Å²) in [6.07, 6.45) is 4.25. The van der Waals surface area contributed by atoms with Gasteiger partial charge in [0.1, 0.15) is 13.5 Å². The van der Waals surface area contributed by atoms with Crippen molar-refractivity contribution in [3.63, 3.8) is 0 Å². The van der Waals surface area contributed by atoms with Gasteiger partial charge in [0, 0.05) is 32.9 Å². The second-order valence-corrected chi connectivity index (χ2v) is 6.84. The standard InChI is InChI=1S/C21H33N5O2/c1-5-7-14-27-16-26(17-28-15-8-6-2)21-23-19(18-12-10-9-11-13-18)22-20(24-21)25(3)4/h9-13H,5-8,14-17H2,1-4H3. The molecule has 0 N–H and O–H groups in total. The summed E-state index contributed by atoms with van der Waals surface area (Å²) in [5.74, 6) is 1.81. The van der Waals surface area contributed by atoms with E-state index < -0.39 is 0 Å². The van der Waals surface area contributed by atoms with Gasteiger partial charge in [-0.25, -0.2) is 0 Å². The van der Waals surface area contributed by atoms with Crippen LogP contribution in [0.4, 0.5) is 11.9 Å². The van der Waals surface area contributed by atoms with Crippen molar-refractivity contribution < 1.29 is 9.47 Å². The third-order valence-electron chi connectivity index (χ3n) is 4.11. The molecule has 28 heavy (non-hydrogen) atoms. The van der Waals surface area contributed by atoms with E-state index in [0.29, 0.717) is 44.4 Å². The van der Waals surface area contributed by atoms with Crippen LogP contribution in [-0.4, -0.2) is 55.7 Å². The molecule has 1 heterocycles. The molecule has 0 spiro atoms. The normalized spacial score (nSPS) is 10.9. The maximum atomic E-state index is 5.83. The molecule has 1 aromatic heterocycles. The van der Waals surface area contributed by atoms with Gasteiger partial charge in [0.15, 0.2) is 5.82 Å². The molecule has 0 saturated heterocycles. The lowest BCUT2D eigenvalue weighted by Gasteiger charge is -2.24. The van der Waals surface area contributed by atoms with Crippen LogP contribution in [0, 0.1) is 0 Å². The van der Waals surface area contributed by atoms with Gasteiger partial charge >= 0.3 is 0 Å². The van der Waals surface area contributed by atoms with Crippen molar-refractivity contribution >= 4 is 11.9 Å². The Balaban J connectivity index is 2.26. The largest absolute Gasteiger partial charge is 0.361 e. The molecule has 0 saturated carbocycles. The number of unbranched alkanes of at least 4 members (excludes halogenated alkanes) is 2. The Morgan fingerprint density at radius 3 is 1.89 bits per heavy atom. The fourth-order valence-electron chi connectivity index (χ4n) is 2.41. The molecule has 2 aromatic rings. The van der Waals surface area contributed by atoms with Crippen molar-refractivity contribution in [3.8, 4) is 11.4 Å². The van der Waals surface area contributed by atoms with Crippen LogP contribution in [0.1, 0.15) is 39.5 Å². The number of rotatable bonds is 13. The molecule has 0 aliphatic rings. The molecular formula is C21H33N5O2. The van der Waals surface area contributed by atoms with Gasteiger partial charge in [-0.15, -0.1) is 0 Å². The van der Waals surface area contributed by atoms with Crippen LogP contribution in [-0.2, 0) is 9.47 Å². The Bertz CT molecular complexity index is 670. The van der Waals surface area contributed by atoms with E-state index in [1.807, 2.05) is 54.2 Å². The van der Waals surface area contributed by atoms with Gasteiger partial charge in [-0.1, -0.05) is 57.0 Å². The highest BCUT2D eigenvalue weighted by atomic mass is 16.5. The number of aromatic nitrogens is 3. The third-order valence-corrected chi connectivity index (χ3v) is 4.11. The first-order chi connectivity index (χ1) is 13.7. The van der Waals surface area contributed by atoms with Crippen LogP contribution in [0.25, 0.3) is 11.4 Å². The van der Waals surface area contributed by atoms with Crippen LogP contribution < -0.4 is 9.80 Å². The van der Waals surface area contributed by atoms with Crippen molar-refractivity contribution in [2.45, 2.75) is 39.5 Å². The molecular weight excluding hydrogens is 354 g/mol. The molecule has 0 unspecified atom stereocenters. The van der Waals surface area contributed by atoms with E-state index in [1.165, 1.54) is 0 Å². The highest BCUT2D eigenvalue weighted by Gasteiger charge is 2.16. The van der Waals surface area contributed by atoms with E-state index in [4.69, 9.17) is 14.5 Å². The number of hydrogen-bond donors (Lipinski definition) is 0. The lowest BCUT2D eigenvalue weighted by molar-refractivity contribution is 0.0812. The quantitative estimate of drug-likeness (QED) is 0.381. The van der Waals surface area contributed by atoms with Gasteiger partial charge in [0.05, 0.1) is 0 Å². The van der Waals surface area contributed by atoms with Crippen molar-refractivity contribution in [1.29, 1.82) is 0 Å². The van der Waals surface area contributed by atoms with Crippen molar-refractivity contribution in [3.05, 3.63) is 30.3 Å². The monoisotopic (exact) mass is 387 g/mol. The Labute approximate surface area is 168 Å². The first-order valence-corrected chi connectivity index (χ1v) is 10.0. The minimum Gasteiger partial charge on any atom is -0.361 e. The molecule has 2 rings (SSSR count). The van der Waals surface area contributed by atoms with Gasteiger partial charge < -0.3 is 14.4 Å². The fraction of sp³-hybridized carbons (Fsp3) is 0.571. The molecule has 1 aromatic carbocycles. The molecule has 7 nitrogen and oxygen atoms in total. The van der Waals surface area contributed by atoms with E-state index in [1.54, 1.807) is 0 Å². The number of nitrogens with zero attached hydrogens (tertiary/aromatic N) is 5. The Kier molecular flexibility index (Phi) is 9.65. The summed E-state index contributed by atoms with van der Waals surface area (Å²) in [6.45, 7) is 6.49. The zero-order chi connectivity index (χ0) is 20.2. The van der Waals surface area contributed by atoms with E-state index in [0.717, 1.165) is 31.2 Å². The number of benzene rings is 1. The molecule has 0 radical (unpaired) electrons. The van der Waals surface area contributed by atoms with Gasteiger partial charge in [-0.2, -0.15) is 15.0 Å². The predicted octanol–water partition coefficient (Wildman–Crippen LogP) is 3.96.